The summed E-state index contributed by atoms with van der Waals surface area (Å²) in [7, 11) is 0. The predicted molar refractivity (Wildman–Crippen MR) is 72.0 cm³/mol. The second kappa shape index (κ2) is 4.57. The molecule has 4 heteroatoms. The molecule has 1 unspecified atom stereocenters. The number of hydrogen-bond donors (Lipinski definition) is 1. The maximum Gasteiger partial charge on any atom is 0.228 e. The second-order valence-corrected chi connectivity index (χ2v) is 4.25. The van der Waals surface area contributed by atoms with Crippen LogP contribution in [0.5, 0.6) is 5.75 Å². The van der Waals surface area contributed by atoms with E-state index in [0.29, 0.717) is 11.3 Å². The Bertz CT molecular complexity index is 650. The molecule has 1 aliphatic heterocycles. The summed E-state index contributed by atoms with van der Waals surface area (Å²) in [4.78, 5) is 12.4. The Morgan fingerprint density at radius 2 is 1.68 bits per heavy atom. The number of Topliss-reactive ketones (excluding diaryl/α,β-unsaturated/α-hetero) is 1. The van der Waals surface area contributed by atoms with Gasteiger partial charge in [0, 0.05) is 11.1 Å². The van der Waals surface area contributed by atoms with Crippen molar-refractivity contribution in [3.63, 3.8) is 0 Å². The van der Waals surface area contributed by atoms with Gasteiger partial charge in [-0.2, -0.15) is 5.10 Å². The molecular weight excluding hydrogens is 240 g/mol. The fraction of sp³-hybridized carbons (Fsp3) is 0.0667. The van der Waals surface area contributed by atoms with Gasteiger partial charge in [0.15, 0.2) is 6.10 Å². The fourth-order valence-electron chi connectivity index (χ4n) is 2.18. The first kappa shape index (κ1) is 11.5. The van der Waals surface area contributed by atoms with Crippen LogP contribution in [-0.4, -0.2) is 11.5 Å². The molecule has 1 aliphatic rings. The predicted octanol–water partition coefficient (Wildman–Crippen LogP) is 2.05. The molecule has 94 valence electrons. The Balaban J connectivity index is 2.10. The summed E-state index contributed by atoms with van der Waals surface area (Å²) >= 11 is 0. The van der Waals surface area contributed by atoms with Crippen LogP contribution in [0.15, 0.2) is 59.7 Å². The van der Waals surface area contributed by atoms with Gasteiger partial charge in [0.05, 0.1) is 0 Å². The van der Waals surface area contributed by atoms with Crippen LogP contribution in [0.25, 0.3) is 0 Å². The van der Waals surface area contributed by atoms with E-state index in [2.05, 4.69) is 5.10 Å². The minimum atomic E-state index is -0.682. The molecule has 0 aromatic heterocycles. The van der Waals surface area contributed by atoms with Gasteiger partial charge in [0.2, 0.25) is 5.78 Å². The number of para-hydroxylation sites is 1. The van der Waals surface area contributed by atoms with Crippen LogP contribution in [0, 0.1) is 0 Å². The molecule has 0 spiro atoms. The van der Waals surface area contributed by atoms with Crippen LogP contribution >= 0.6 is 0 Å². The number of ketones is 1. The van der Waals surface area contributed by atoms with Crippen molar-refractivity contribution in [1.82, 2.24) is 0 Å². The van der Waals surface area contributed by atoms with Crippen molar-refractivity contribution in [3.05, 3.63) is 65.7 Å². The van der Waals surface area contributed by atoms with Gasteiger partial charge in [0.1, 0.15) is 11.5 Å². The van der Waals surface area contributed by atoms with Crippen LogP contribution in [0.3, 0.4) is 0 Å². The van der Waals surface area contributed by atoms with Crippen molar-refractivity contribution < 1.29 is 9.53 Å². The van der Waals surface area contributed by atoms with Gasteiger partial charge in [-0.1, -0.05) is 42.5 Å². The molecule has 19 heavy (non-hydrogen) atoms. The highest BCUT2D eigenvalue weighted by Crippen LogP contribution is 2.32. The average Bonchev–Trinajstić information content (AvgIpc) is 2.47. The van der Waals surface area contributed by atoms with E-state index in [-0.39, 0.29) is 11.5 Å². The van der Waals surface area contributed by atoms with E-state index in [1.165, 1.54) is 0 Å². The average molecular weight is 252 g/mol. The van der Waals surface area contributed by atoms with Crippen LogP contribution < -0.4 is 10.6 Å². The quantitative estimate of drug-likeness (QED) is 0.624. The van der Waals surface area contributed by atoms with Gasteiger partial charge in [-0.15, -0.1) is 0 Å². The number of carbonyl (C=O) groups excluding carboxylic acids is 1. The van der Waals surface area contributed by atoms with Crippen LogP contribution in [0.2, 0.25) is 0 Å². The van der Waals surface area contributed by atoms with Crippen molar-refractivity contribution in [1.29, 1.82) is 0 Å². The Hall–Kier alpha value is -2.62. The number of rotatable bonds is 1. The number of hydrazone groups is 1. The monoisotopic (exact) mass is 252 g/mol. The van der Waals surface area contributed by atoms with Crippen LogP contribution in [-0.2, 0) is 4.79 Å². The summed E-state index contributed by atoms with van der Waals surface area (Å²) in [5, 5.41) is 3.63. The van der Waals surface area contributed by atoms with Crippen molar-refractivity contribution in [2.24, 2.45) is 10.9 Å². The third-order valence-electron chi connectivity index (χ3n) is 3.09. The summed E-state index contributed by atoms with van der Waals surface area (Å²) < 4.78 is 5.78. The van der Waals surface area contributed by atoms with Gasteiger partial charge in [-0.25, -0.2) is 0 Å². The molecule has 0 fully saturated rings. The maximum atomic E-state index is 12.4. The lowest BCUT2D eigenvalue weighted by atomic mass is 9.94. The first-order chi connectivity index (χ1) is 9.31. The Morgan fingerprint density at radius 1 is 1.00 bits per heavy atom. The lowest BCUT2D eigenvalue weighted by molar-refractivity contribution is -0.120. The molecule has 2 aromatic carbocycles. The van der Waals surface area contributed by atoms with Crippen molar-refractivity contribution in [2.75, 3.05) is 0 Å². The summed E-state index contributed by atoms with van der Waals surface area (Å²) in [6.45, 7) is 0. The minimum Gasteiger partial charge on any atom is -0.477 e. The van der Waals surface area contributed by atoms with E-state index >= 15 is 0 Å². The van der Waals surface area contributed by atoms with Crippen LogP contribution in [0.1, 0.15) is 17.2 Å². The molecule has 1 heterocycles. The molecule has 1 atom stereocenters. The highest BCUT2D eigenvalue weighted by molar-refractivity contribution is 6.48. The lowest BCUT2D eigenvalue weighted by Crippen LogP contribution is -2.33. The Labute approximate surface area is 110 Å². The largest absolute Gasteiger partial charge is 0.477 e. The number of fused-ring (bicyclic) bond motifs is 1. The topological polar surface area (TPSA) is 64.7 Å². The van der Waals surface area contributed by atoms with Gasteiger partial charge in [-0.05, 0) is 12.1 Å². The Kier molecular flexibility index (Phi) is 2.76. The first-order valence-electron chi connectivity index (χ1n) is 5.94. The van der Waals surface area contributed by atoms with E-state index in [4.69, 9.17) is 10.6 Å². The van der Waals surface area contributed by atoms with E-state index in [0.717, 1.165) is 5.56 Å². The molecule has 2 aromatic rings. The molecule has 0 bridgehead atoms. The zero-order chi connectivity index (χ0) is 13.2. The third kappa shape index (κ3) is 1.87. The second-order valence-electron chi connectivity index (χ2n) is 4.25. The minimum absolute atomic E-state index is 0.215. The van der Waals surface area contributed by atoms with Gasteiger partial charge >= 0.3 is 0 Å². The maximum absolute atomic E-state index is 12.4. The van der Waals surface area contributed by atoms with E-state index in [1.54, 1.807) is 6.07 Å². The first-order valence-corrected chi connectivity index (χ1v) is 5.94. The zero-order valence-electron chi connectivity index (χ0n) is 10.1. The SMILES string of the molecule is NN=C1C(=O)C(c2ccccc2)Oc2ccccc21. The van der Waals surface area contributed by atoms with Crippen molar-refractivity contribution in [3.8, 4) is 5.75 Å². The fourth-order valence-corrected chi connectivity index (χ4v) is 2.18. The van der Waals surface area contributed by atoms with E-state index < -0.39 is 6.10 Å². The highest BCUT2D eigenvalue weighted by atomic mass is 16.5. The molecule has 0 amide bonds. The Morgan fingerprint density at radius 3 is 2.42 bits per heavy atom. The highest BCUT2D eigenvalue weighted by Gasteiger charge is 2.34. The van der Waals surface area contributed by atoms with Crippen LogP contribution in [0.4, 0.5) is 0 Å². The molecule has 2 N–H and O–H groups in total. The molecule has 0 saturated heterocycles. The number of benzene rings is 2. The molecular formula is C15H12N2O2. The summed E-state index contributed by atoms with van der Waals surface area (Å²) in [6, 6.07) is 16.6. The molecule has 0 radical (unpaired) electrons. The normalized spacial score (nSPS) is 19.9. The van der Waals surface area contributed by atoms with Gasteiger partial charge in [-0.3, -0.25) is 4.79 Å². The molecule has 4 nitrogen and oxygen atoms in total. The third-order valence-corrected chi connectivity index (χ3v) is 3.09. The smallest absolute Gasteiger partial charge is 0.228 e. The van der Waals surface area contributed by atoms with Gasteiger partial charge in [0.25, 0.3) is 0 Å². The molecule has 0 saturated carbocycles. The van der Waals surface area contributed by atoms with Gasteiger partial charge < -0.3 is 10.6 Å². The summed E-state index contributed by atoms with van der Waals surface area (Å²) in [5.74, 6) is 5.77. The molecule has 0 aliphatic carbocycles. The number of ether oxygens (including phenoxy) is 1. The molecule has 3 rings (SSSR count). The number of hydrogen-bond acceptors (Lipinski definition) is 4. The lowest BCUT2D eigenvalue weighted by Gasteiger charge is -2.25. The summed E-state index contributed by atoms with van der Waals surface area (Å²) in [6.07, 6.45) is -0.682. The number of carbonyl (C=O) groups is 1. The summed E-state index contributed by atoms with van der Waals surface area (Å²) in [5.41, 5.74) is 1.70. The van der Waals surface area contributed by atoms with Crippen molar-refractivity contribution in [2.45, 2.75) is 6.10 Å². The van der Waals surface area contributed by atoms with E-state index in [9.17, 15) is 4.79 Å². The number of nitrogens with two attached hydrogens (primary N) is 1. The zero-order valence-corrected chi connectivity index (χ0v) is 10.1. The van der Waals surface area contributed by atoms with E-state index in [1.807, 2.05) is 48.5 Å². The number of nitrogens with zero attached hydrogens (tertiary/aromatic N) is 1. The standard InChI is InChI=1S/C15H12N2O2/c16-17-13-11-8-4-5-9-12(11)19-15(14(13)18)10-6-2-1-3-7-10/h1-9,15H,16H2. The van der Waals surface area contributed by atoms with Crippen molar-refractivity contribution >= 4 is 11.5 Å².